The molecule has 2 aromatic heterocycles. The largest absolute Gasteiger partial charge is 0.363 e. The summed E-state index contributed by atoms with van der Waals surface area (Å²) < 4.78 is 31.7. The predicted molar refractivity (Wildman–Crippen MR) is 152 cm³/mol. The molecule has 0 spiro atoms. The van der Waals surface area contributed by atoms with E-state index in [-0.39, 0.29) is 29.3 Å². The molecule has 1 aromatic carbocycles. The molecule has 9 rings (SSSR count). The van der Waals surface area contributed by atoms with Crippen LogP contribution in [0.4, 0.5) is 4.39 Å². The molecule has 2 bridgehead atoms. The van der Waals surface area contributed by atoms with Gasteiger partial charge in [0.2, 0.25) is 17.7 Å². The number of amides is 3. The first-order valence-corrected chi connectivity index (χ1v) is 17.1. The molecular formula is C29H30FN4O7PS. The minimum Gasteiger partial charge on any atom is -0.361 e. The molecule has 43 heavy (non-hydrogen) atoms. The van der Waals surface area contributed by atoms with E-state index in [1.54, 1.807) is 15.9 Å². The topological polar surface area (TPSA) is 153 Å². The van der Waals surface area contributed by atoms with Gasteiger partial charge in [0.25, 0.3) is 5.91 Å². The van der Waals surface area contributed by atoms with E-state index in [0.717, 1.165) is 29.2 Å². The van der Waals surface area contributed by atoms with Crippen LogP contribution in [0, 0.1) is 30.6 Å². The van der Waals surface area contributed by atoms with Crippen molar-refractivity contribution in [1.29, 1.82) is 0 Å². The molecule has 11 nitrogen and oxygen atoms in total. The molecule has 3 N–H and O–H groups in total. The van der Waals surface area contributed by atoms with Gasteiger partial charge in [-0.25, -0.2) is 4.39 Å². The number of likely N-dealkylation sites (tertiary alicyclic amines) is 1. The summed E-state index contributed by atoms with van der Waals surface area (Å²) in [5, 5.41) is 7.37. The third-order valence-corrected chi connectivity index (χ3v) is 12.1. The molecule has 14 heteroatoms. The maximum absolute atomic E-state index is 14.3. The number of hydrogen-bond acceptors (Lipinski definition) is 7. The SMILES string of the molecule is Cc1cc(C2CN(C(=O)[C@@H]3CC[C@@H]4C5C6C(C[C@H](NC(=O)c7cc8cc(C(F)P(=O)(O)O)ccc8s7)C(=O)N43)[C@H]65)C2)on1. The molecule has 4 unspecified atom stereocenters. The molecule has 6 fully saturated rings. The zero-order valence-corrected chi connectivity index (χ0v) is 24.8. The maximum Gasteiger partial charge on any atom is 0.363 e. The molecule has 3 amide bonds. The fraction of sp³-hybridized carbons (Fsp3) is 0.517. The Morgan fingerprint density at radius 2 is 1.93 bits per heavy atom. The van der Waals surface area contributed by atoms with E-state index in [9.17, 15) is 33.1 Å². The highest BCUT2D eigenvalue weighted by Crippen LogP contribution is 2.77. The second-order valence-electron chi connectivity index (χ2n) is 12.7. The number of alkyl halides is 1. The number of benzene rings is 1. The van der Waals surface area contributed by atoms with Crippen molar-refractivity contribution in [1.82, 2.24) is 20.3 Å². The number of rotatable bonds is 6. The molecule has 4 aliphatic heterocycles. The van der Waals surface area contributed by atoms with E-state index < -0.39 is 31.5 Å². The van der Waals surface area contributed by atoms with Crippen molar-refractivity contribution in [3.05, 3.63) is 52.2 Å². The molecule has 2 saturated carbocycles. The first-order chi connectivity index (χ1) is 20.5. The van der Waals surface area contributed by atoms with Gasteiger partial charge in [-0.05, 0) is 79.0 Å². The Morgan fingerprint density at radius 1 is 1.16 bits per heavy atom. The number of thiophene rings is 1. The lowest BCUT2D eigenvalue weighted by Crippen LogP contribution is -2.60. The third-order valence-electron chi connectivity index (χ3n) is 10.1. The quantitative estimate of drug-likeness (QED) is 0.352. The van der Waals surface area contributed by atoms with Crippen LogP contribution < -0.4 is 5.32 Å². The highest BCUT2D eigenvalue weighted by molar-refractivity contribution is 7.51. The summed E-state index contributed by atoms with van der Waals surface area (Å²) in [4.78, 5) is 63.4. The van der Waals surface area contributed by atoms with Gasteiger partial charge in [-0.15, -0.1) is 11.3 Å². The average Bonchev–Trinajstić information content (AvgIpc) is 3.56. The van der Waals surface area contributed by atoms with Crippen LogP contribution in [-0.2, 0) is 14.2 Å². The van der Waals surface area contributed by atoms with Gasteiger partial charge in [-0.1, -0.05) is 11.2 Å². The van der Waals surface area contributed by atoms with Crippen LogP contribution >= 0.6 is 18.9 Å². The van der Waals surface area contributed by atoms with E-state index in [0.29, 0.717) is 64.6 Å². The van der Waals surface area contributed by atoms with Crippen molar-refractivity contribution < 1.29 is 37.6 Å². The van der Waals surface area contributed by atoms with Crippen LogP contribution in [0.5, 0.6) is 0 Å². The number of carbonyl (C=O) groups is 3. The Kier molecular flexibility index (Phi) is 6.02. The van der Waals surface area contributed by atoms with E-state index in [1.807, 2.05) is 13.0 Å². The molecule has 6 heterocycles. The first kappa shape index (κ1) is 27.4. The molecule has 3 aromatic rings. The second kappa shape index (κ2) is 9.44. The van der Waals surface area contributed by atoms with Crippen molar-refractivity contribution in [2.24, 2.45) is 23.7 Å². The summed E-state index contributed by atoms with van der Waals surface area (Å²) in [6, 6.07) is 6.32. The molecule has 8 atom stereocenters. The van der Waals surface area contributed by atoms with Crippen molar-refractivity contribution >= 4 is 46.7 Å². The summed E-state index contributed by atoms with van der Waals surface area (Å²) in [7, 11) is -4.97. The number of hydrogen-bond donors (Lipinski definition) is 3. The summed E-state index contributed by atoms with van der Waals surface area (Å²) in [5.41, 5.74) is 0.635. The smallest absolute Gasteiger partial charge is 0.361 e. The summed E-state index contributed by atoms with van der Waals surface area (Å²) in [6.07, 6.45) is 1.94. The lowest BCUT2D eigenvalue weighted by molar-refractivity contribution is -0.150. The van der Waals surface area contributed by atoms with Gasteiger partial charge in [-0.2, -0.15) is 0 Å². The molecule has 0 radical (unpaired) electrons. The molecule has 4 saturated heterocycles. The Labute approximate surface area is 249 Å². The number of fused-ring (bicyclic) bond motifs is 3. The standard InChI is InChI=1S/C29H30FN4O7PS/c1-12-6-20(41-32-12)15-10-33(11-15)29(37)19-4-3-18-25-23-16(24(23)25)9-17(28(36)34(18)19)31-27(35)22-8-14-7-13(2-5-21(14)43-22)26(30)42(38,39)40/h2,5-8,15-19,23-26H,3-4,9-11H2,1H3,(H,31,35)(H2,38,39,40)/t16?,17-,18+,19-,23+,24?,25?,26?/m0/s1. The summed E-state index contributed by atoms with van der Waals surface area (Å²) >= 11 is 1.16. The number of nitrogens with one attached hydrogen (secondary N) is 1. The van der Waals surface area contributed by atoms with Gasteiger partial charge in [0.15, 0.2) is 0 Å². The van der Waals surface area contributed by atoms with Gasteiger partial charge in [-0.3, -0.25) is 18.9 Å². The number of nitrogens with zero attached hydrogens (tertiary/aromatic N) is 3. The van der Waals surface area contributed by atoms with Crippen LogP contribution in [0.1, 0.15) is 57.8 Å². The highest BCUT2D eigenvalue weighted by atomic mass is 32.1. The highest BCUT2D eigenvalue weighted by Gasteiger charge is 2.77. The summed E-state index contributed by atoms with van der Waals surface area (Å²) in [5.74, 6) is -0.310. The zero-order valence-electron chi connectivity index (χ0n) is 23.1. The summed E-state index contributed by atoms with van der Waals surface area (Å²) in [6.45, 7) is 2.91. The lowest BCUT2D eigenvalue weighted by atomic mass is 9.88. The monoisotopic (exact) mass is 628 g/mol. The maximum atomic E-state index is 14.3. The molecule has 226 valence electrons. The van der Waals surface area contributed by atoms with Crippen LogP contribution in [0.2, 0.25) is 0 Å². The van der Waals surface area contributed by atoms with Crippen molar-refractivity contribution in [3.8, 4) is 0 Å². The van der Waals surface area contributed by atoms with Gasteiger partial charge < -0.3 is 29.4 Å². The van der Waals surface area contributed by atoms with Gasteiger partial charge in [0.05, 0.1) is 16.5 Å². The van der Waals surface area contributed by atoms with Crippen molar-refractivity contribution in [3.63, 3.8) is 0 Å². The molecule has 2 aliphatic carbocycles. The van der Waals surface area contributed by atoms with E-state index in [2.05, 4.69) is 10.5 Å². The fourth-order valence-electron chi connectivity index (χ4n) is 7.89. The number of halogens is 1. The minimum atomic E-state index is -4.97. The number of aryl methyl sites for hydroxylation is 1. The Bertz CT molecular complexity index is 1720. The normalized spacial score (nSPS) is 32.0. The third kappa shape index (κ3) is 4.38. The molecular weight excluding hydrogens is 598 g/mol. The number of carbonyl (C=O) groups excluding carboxylic acids is 3. The first-order valence-electron chi connectivity index (χ1n) is 14.6. The van der Waals surface area contributed by atoms with Gasteiger partial charge >= 0.3 is 7.60 Å². The Morgan fingerprint density at radius 3 is 2.63 bits per heavy atom. The average molecular weight is 629 g/mol. The van der Waals surface area contributed by atoms with E-state index in [4.69, 9.17) is 4.52 Å². The van der Waals surface area contributed by atoms with Crippen molar-refractivity contribution in [2.75, 3.05) is 13.1 Å². The fourth-order valence-corrected chi connectivity index (χ4v) is 9.38. The Hall–Kier alpha value is -3.12. The van der Waals surface area contributed by atoms with E-state index in [1.165, 1.54) is 18.2 Å². The van der Waals surface area contributed by atoms with E-state index >= 15 is 0 Å². The molecule has 6 aliphatic rings. The van der Waals surface area contributed by atoms with Crippen molar-refractivity contribution in [2.45, 2.75) is 56.1 Å². The van der Waals surface area contributed by atoms with Gasteiger partial charge in [0.1, 0.15) is 17.8 Å². The minimum absolute atomic E-state index is 0.0202. The van der Waals surface area contributed by atoms with Gasteiger partial charge in [0, 0.05) is 29.9 Å². The van der Waals surface area contributed by atoms with Crippen LogP contribution in [0.15, 0.2) is 34.9 Å². The second-order valence-corrected chi connectivity index (χ2v) is 15.4. The number of aromatic nitrogens is 1. The van der Waals surface area contributed by atoms with Crippen LogP contribution in [0.25, 0.3) is 10.1 Å². The lowest BCUT2D eigenvalue weighted by Gasteiger charge is -2.43. The Balaban J connectivity index is 0.992. The van der Waals surface area contributed by atoms with Crippen LogP contribution in [0.3, 0.4) is 0 Å². The van der Waals surface area contributed by atoms with Crippen LogP contribution in [-0.4, -0.2) is 73.7 Å². The zero-order chi connectivity index (χ0) is 29.9. The predicted octanol–water partition coefficient (Wildman–Crippen LogP) is 3.32.